The fraction of sp³-hybridized carbons (Fsp3) is 0.222. The first kappa shape index (κ1) is 11.3. The number of ketones is 1. The lowest BCUT2D eigenvalue weighted by Gasteiger charge is -2.02. The summed E-state index contributed by atoms with van der Waals surface area (Å²) >= 11 is 10.7. The van der Waals surface area contributed by atoms with Crippen LogP contribution in [0.1, 0.15) is 16.8 Å². The number of rotatable bonds is 3. The average molecular weight is 324 g/mol. The molecule has 0 aliphatic heterocycles. The maximum atomic E-state index is 11.5. The number of halogens is 2. The summed E-state index contributed by atoms with van der Waals surface area (Å²) < 4.78 is 0.830. The molecule has 0 radical (unpaired) electrons. The quantitative estimate of drug-likeness (QED) is 0.510. The standard InChI is InChI=1S/C9H8Br2OS/c10-4-3-9(12)7-5-6(13)1-2-8(7)11/h1-2,5,13H,3-4H2. The lowest BCUT2D eigenvalue weighted by atomic mass is 10.1. The summed E-state index contributed by atoms with van der Waals surface area (Å²) in [5.74, 6) is 0.125. The van der Waals surface area contributed by atoms with Crippen LogP contribution in [0.25, 0.3) is 0 Å². The van der Waals surface area contributed by atoms with Gasteiger partial charge in [0.25, 0.3) is 0 Å². The zero-order valence-corrected chi connectivity index (χ0v) is 10.8. The summed E-state index contributed by atoms with van der Waals surface area (Å²) in [6.45, 7) is 0. The summed E-state index contributed by atoms with van der Waals surface area (Å²) in [6, 6.07) is 5.46. The Bertz CT molecular complexity index is 325. The molecule has 0 saturated carbocycles. The molecule has 0 aromatic heterocycles. The fourth-order valence-electron chi connectivity index (χ4n) is 0.947. The SMILES string of the molecule is O=C(CCBr)c1cc(S)ccc1Br. The summed E-state index contributed by atoms with van der Waals surface area (Å²) in [5.41, 5.74) is 0.701. The van der Waals surface area contributed by atoms with Gasteiger partial charge in [-0.2, -0.15) is 0 Å². The minimum atomic E-state index is 0.125. The van der Waals surface area contributed by atoms with Crippen molar-refractivity contribution in [1.82, 2.24) is 0 Å². The van der Waals surface area contributed by atoms with Crippen molar-refractivity contribution < 1.29 is 4.79 Å². The van der Waals surface area contributed by atoms with E-state index in [0.29, 0.717) is 17.3 Å². The van der Waals surface area contributed by atoms with E-state index in [9.17, 15) is 4.79 Å². The van der Waals surface area contributed by atoms with Gasteiger partial charge in [0.2, 0.25) is 0 Å². The predicted molar refractivity (Wildman–Crippen MR) is 64.1 cm³/mol. The van der Waals surface area contributed by atoms with Crippen molar-refractivity contribution in [2.75, 3.05) is 5.33 Å². The molecule has 0 spiro atoms. The molecule has 0 aliphatic carbocycles. The second kappa shape index (κ2) is 5.17. The molecule has 0 bridgehead atoms. The highest BCUT2D eigenvalue weighted by atomic mass is 79.9. The van der Waals surface area contributed by atoms with E-state index in [0.717, 1.165) is 9.37 Å². The Labute approximate surface area is 99.6 Å². The molecule has 0 amide bonds. The maximum Gasteiger partial charge on any atom is 0.164 e. The Morgan fingerprint density at radius 3 is 2.77 bits per heavy atom. The van der Waals surface area contributed by atoms with Gasteiger partial charge in [0.15, 0.2) is 5.78 Å². The van der Waals surface area contributed by atoms with E-state index in [4.69, 9.17) is 0 Å². The van der Waals surface area contributed by atoms with Crippen LogP contribution in [0.4, 0.5) is 0 Å². The fourth-order valence-corrected chi connectivity index (χ4v) is 1.98. The van der Waals surface area contributed by atoms with E-state index in [1.165, 1.54) is 0 Å². The van der Waals surface area contributed by atoms with E-state index in [1.807, 2.05) is 12.1 Å². The topological polar surface area (TPSA) is 17.1 Å². The highest BCUT2D eigenvalue weighted by Gasteiger charge is 2.08. The van der Waals surface area contributed by atoms with Crippen molar-refractivity contribution in [2.45, 2.75) is 11.3 Å². The van der Waals surface area contributed by atoms with E-state index < -0.39 is 0 Å². The molecule has 70 valence electrons. The van der Waals surface area contributed by atoms with Crippen LogP contribution in [0.2, 0.25) is 0 Å². The molecule has 1 aromatic rings. The normalized spacial score (nSPS) is 10.1. The lowest BCUT2D eigenvalue weighted by Crippen LogP contribution is -2.00. The minimum absolute atomic E-state index is 0.125. The van der Waals surface area contributed by atoms with Gasteiger partial charge in [-0.15, -0.1) is 12.6 Å². The maximum absolute atomic E-state index is 11.5. The molecule has 0 saturated heterocycles. The Balaban J connectivity index is 2.99. The van der Waals surface area contributed by atoms with Crippen molar-refractivity contribution in [3.05, 3.63) is 28.2 Å². The summed E-state index contributed by atoms with van der Waals surface area (Å²) in [7, 11) is 0. The molecule has 13 heavy (non-hydrogen) atoms. The highest BCUT2D eigenvalue weighted by molar-refractivity contribution is 9.10. The molecule has 1 aromatic carbocycles. The number of carbonyl (C=O) groups is 1. The Kier molecular flexibility index (Phi) is 4.49. The first-order valence-corrected chi connectivity index (χ1v) is 6.09. The van der Waals surface area contributed by atoms with E-state index in [2.05, 4.69) is 44.5 Å². The molecule has 4 heteroatoms. The smallest absolute Gasteiger partial charge is 0.164 e. The molecule has 1 nitrogen and oxygen atoms in total. The Morgan fingerprint density at radius 2 is 2.15 bits per heavy atom. The van der Waals surface area contributed by atoms with Gasteiger partial charge in [0.05, 0.1) is 0 Å². The van der Waals surface area contributed by atoms with Crippen molar-refractivity contribution in [3.8, 4) is 0 Å². The molecular weight excluding hydrogens is 316 g/mol. The Hall–Kier alpha value is 0.200. The number of thiol groups is 1. The number of hydrogen-bond donors (Lipinski definition) is 1. The molecule has 0 heterocycles. The predicted octanol–water partition coefficient (Wildman–Crippen LogP) is 3.71. The second-order valence-electron chi connectivity index (χ2n) is 2.53. The van der Waals surface area contributed by atoms with Crippen LogP contribution in [0, 0.1) is 0 Å². The largest absolute Gasteiger partial charge is 0.294 e. The zero-order valence-electron chi connectivity index (χ0n) is 6.76. The van der Waals surface area contributed by atoms with Crippen LogP contribution in [-0.2, 0) is 0 Å². The number of benzene rings is 1. The Morgan fingerprint density at radius 1 is 1.46 bits per heavy atom. The third-order valence-electron chi connectivity index (χ3n) is 1.57. The van der Waals surface area contributed by atoms with Crippen LogP contribution in [-0.4, -0.2) is 11.1 Å². The third-order valence-corrected chi connectivity index (χ3v) is 2.94. The molecular formula is C9H8Br2OS. The van der Waals surface area contributed by atoms with Crippen LogP contribution in [0.3, 0.4) is 0 Å². The summed E-state index contributed by atoms with van der Waals surface area (Å²) in [4.78, 5) is 12.3. The van der Waals surface area contributed by atoms with E-state index in [1.54, 1.807) is 6.07 Å². The van der Waals surface area contributed by atoms with Crippen molar-refractivity contribution in [3.63, 3.8) is 0 Å². The molecule has 0 N–H and O–H groups in total. The van der Waals surface area contributed by atoms with Gasteiger partial charge in [0.1, 0.15) is 0 Å². The van der Waals surface area contributed by atoms with Gasteiger partial charge < -0.3 is 0 Å². The minimum Gasteiger partial charge on any atom is -0.294 e. The van der Waals surface area contributed by atoms with Gasteiger partial charge in [-0.3, -0.25) is 4.79 Å². The number of alkyl halides is 1. The number of hydrogen-bond acceptors (Lipinski definition) is 2. The van der Waals surface area contributed by atoms with E-state index in [-0.39, 0.29) is 5.78 Å². The monoisotopic (exact) mass is 322 g/mol. The first-order chi connectivity index (χ1) is 6.15. The number of Topliss-reactive ketones (excluding diaryl/α,β-unsaturated/α-hetero) is 1. The molecule has 0 atom stereocenters. The lowest BCUT2D eigenvalue weighted by molar-refractivity contribution is 0.0989. The van der Waals surface area contributed by atoms with Gasteiger partial charge in [-0.25, -0.2) is 0 Å². The van der Waals surface area contributed by atoms with Crippen LogP contribution in [0.5, 0.6) is 0 Å². The number of carbonyl (C=O) groups excluding carboxylic acids is 1. The molecule has 1 rings (SSSR count). The van der Waals surface area contributed by atoms with Crippen molar-refractivity contribution >= 4 is 50.3 Å². The third kappa shape index (κ3) is 3.11. The van der Waals surface area contributed by atoms with E-state index >= 15 is 0 Å². The second-order valence-corrected chi connectivity index (χ2v) is 4.69. The summed E-state index contributed by atoms with van der Waals surface area (Å²) in [6.07, 6.45) is 0.510. The van der Waals surface area contributed by atoms with Gasteiger partial charge in [-0.1, -0.05) is 31.9 Å². The highest BCUT2D eigenvalue weighted by Crippen LogP contribution is 2.21. The average Bonchev–Trinajstić information content (AvgIpc) is 2.09. The van der Waals surface area contributed by atoms with Crippen LogP contribution in [0.15, 0.2) is 27.6 Å². The zero-order chi connectivity index (χ0) is 9.84. The van der Waals surface area contributed by atoms with Crippen LogP contribution < -0.4 is 0 Å². The van der Waals surface area contributed by atoms with Gasteiger partial charge >= 0.3 is 0 Å². The van der Waals surface area contributed by atoms with Crippen molar-refractivity contribution in [1.29, 1.82) is 0 Å². The van der Waals surface area contributed by atoms with Gasteiger partial charge in [0, 0.05) is 26.7 Å². The van der Waals surface area contributed by atoms with Crippen LogP contribution >= 0.6 is 44.5 Å². The molecule has 0 fully saturated rings. The molecule has 0 unspecified atom stereocenters. The molecule has 0 aliphatic rings. The van der Waals surface area contributed by atoms with Gasteiger partial charge in [-0.05, 0) is 18.2 Å². The summed E-state index contributed by atoms with van der Waals surface area (Å²) in [5, 5.41) is 0.690. The first-order valence-electron chi connectivity index (χ1n) is 3.73. The van der Waals surface area contributed by atoms with Crippen molar-refractivity contribution in [2.24, 2.45) is 0 Å².